The van der Waals surface area contributed by atoms with Crippen LogP contribution in [0.1, 0.15) is 5.69 Å². The molecule has 11 heteroatoms. The van der Waals surface area contributed by atoms with E-state index in [4.69, 9.17) is 15.2 Å². The van der Waals surface area contributed by atoms with Gasteiger partial charge in [0.05, 0.1) is 23.9 Å². The van der Waals surface area contributed by atoms with Crippen LogP contribution in [0.4, 0.5) is 15.9 Å². The monoisotopic (exact) mass is 549 g/mol. The summed E-state index contributed by atoms with van der Waals surface area (Å²) in [6.07, 6.45) is 6.20. The third-order valence-corrected chi connectivity index (χ3v) is 6.58. The molecule has 10 nitrogen and oxygen atoms in total. The van der Waals surface area contributed by atoms with Crippen molar-refractivity contribution < 1.29 is 18.7 Å². The first kappa shape index (κ1) is 25.6. The number of amides is 1. The van der Waals surface area contributed by atoms with E-state index < -0.39 is 5.82 Å². The number of nitrogens with one attached hydrogen (secondary N) is 1. The molecule has 0 aliphatic carbocycles. The molecule has 0 atom stereocenters. The van der Waals surface area contributed by atoms with Crippen molar-refractivity contribution in [2.24, 2.45) is 0 Å². The minimum absolute atomic E-state index is 0.0264. The van der Waals surface area contributed by atoms with Gasteiger partial charge >= 0.3 is 0 Å². The Hall–Kier alpha value is -5.71. The van der Waals surface area contributed by atoms with Crippen LogP contribution < -0.4 is 20.5 Å². The Kier molecular flexibility index (Phi) is 6.31. The van der Waals surface area contributed by atoms with Crippen LogP contribution >= 0.6 is 0 Å². The van der Waals surface area contributed by atoms with E-state index in [1.807, 2.05) is 40.4 Å². The van der Waals surface area contributed by atoms with Gasteiger partial charge in [-0.05, 0) is 48.9 Å². The second-order valence-corrected chi connectivity index (χ2v) is 9.11. The van der Waals surface area contributed by atoms with E-state index in [0.717, 1.165) is 5.69 Å². The lowest BCUT2D eigenvalue weighted by atomic mass is 10.0. The molecule has 0 saturated carbocycles. The summed E-state index contributed by atoms with van der Waals surface area (Å²) in [5, 5.41) is 3.32. The number of nitrogen functional groups attached to an aromatic ring is 1. The Bertz CT molecular complexity index is 1980. The van der Waals surface area contributed by atoms with Crippen molar-refractivity contribution in [3.63, 3.8) is 0 Å². The second kappa shape index (κ2) is 10.1. The van der Waals surface area contributed by atoms with Crippen LogP contribution in [0.5, 0.6) is 17.4 Å². The number of para-hydroxylation sites is 1. The molecule has 1 amide bonds. The first-order valence-electron chi connectivity index (χ1n) is 12.5. The van der Waals surface area contributed by atoms with E-state index in [1.165, 1.54) is 25.6 Å². The normalized spacial score (nSPS) is 11.1. The number of rotatable bonds is 7. The van der Waals surface area contributed by atoms with Crippen LogP contribution in [0.3, 0.4) is 0 Å². The molecule has 4 heterocycles. The molecule has 0 saturated heterocycles. The van der Waals surface area contributed by atoms with Gasteiger partial charge in [0.2, 0.25) is 11.8 Å². The first-order valence-corrected chi connectivity index (χ1v) is 12.5. The highest BCUT2D eigenvalue weighted by molar-refractivity contribution is 6.08. The average molecular weight is 550 g/mol. The van der Waals surface area contributed by atoms with Gasteiger partial charge < -0.3 is 20.5 Å². The highest BCUT2D eigenvalue weighted by atomic mass is 19.1. The van der Waals surface area contributed by atoms with Gasteiger partial charge in [-0.2, -0.15) is 0 Å². The minimum atomic E-state index is -0.585. The Morgan fingerprint density at radius 2 is 1.95 bits per heavy atom. The molecule has 2 aromatic carbocycles. The highest BCUT2D eigenvalue weighted by Gasteiger charge is 2.24. The second-order valence-electron chi connectivity index (χ2n) is 9.11. The number of carbonyl (C=O) groups is 1. The number of aryl methyl sites for hydroxylation is 1. The van der Waals surface area contributed by atoms with Gasteiger partial charge in [-0.15, -0.1) is 0 Å². The van der Waals surface area contributed by atoms with E-state index in [2.05, 4.69) is 26.8 Å². The fraction of sp³-hybridized carbons (Fsp3) is 0.0667. The van der Waals surface area contributed by atoms with Crippen LogP contribution in [0.2, 0.25) is 0 Å². The summed E-state index contributed by atoms with van der Waals surface area (Å²) in [5.74, 6) is 0.00181. The van der Waals surface area contributed by atoms with Crippen molar-refractivity contribution >= 4 is 34.1 Å². The van der Waals surface area contributed by atoms with Gasteiger partial charge in [0.1, 0.15) is 17.8 Å². The zero-order valence-corrected chi connectivity index (χ0v) is 22.1. The van der Waals surface area contributed by atoms with Gasteiger partial charge in [-0.25, -0.2) is 19.3 Å². The number of nitrogens with two attached hydrogens (primary N) is 1. The van der Waals surface area contributed by atoms with Gasteiger partial charge in [-0.3, -0.25) is 13.8 Å². The highest BCUT2D eigenvalue weighted by Crippen LogP contribution is 2.41. The third-order valence-electron chi connectivity index (χ3n) is 6.58. The fourth-order valence-corrected chi connectivity index (χ4v) is 4.83. The maximum absolute atomic E-state index is 15.5. The summed E-state index contributed by atoms with van der Waals surface area (Å²) < 4.78 is 30.7. The van der Waals surface area contributed by atoms with E-state index >= 15 is 4.39 Å². The molecule has 6 rings (SSSR count). The molecule has 0 bridgehead atoms. The maximum atomic E-state index is 15.5. The number of hydrogen-bond acceptors (Lipinski definition) is 7. The number of anilines is 2. The zero-order chi connectivity index (χ0) is 28.7. The Labute approximate surface area is 233 Å². The van der Waals surface area contributed by atoms with Crippen LogP contribution in [-0.4, -0.2) is 36.9 Å². The molecule has 0 aliphatic heterocycles. The molecule has 0 radical (unpaired) electrons. The molecule has 4 aromatic heterocycles. The molecule has 0 fully saturated rings. The maximum Gasteiger partial charge on any atom is 0.247 e. The van der Waals surface area contributed by atoms with Gasteiger partial charge in [-0.1, -0.05) is 24.8 Å². The van der Waals surface area contributed by atoms with E-state index in [1.54, 1.807) is 36.4 Å². The van der Waals surface area contributed by atoms with Crippen LogP contribution in [0.25, 0.3) is 33.5 Å². The third kappa shape index (κ3) is 4.39. The largest absolute Gasteiger partial charge is 0.492 e. The quantitative estimate of drug-likeness (QED) is 0.245. The molecule has 0 aliphatic rings. The smallest absolute Gasteiger partial charge is 0.247 e. The summed E-state index contributed by atoms with van der Waals surface area (Å²) in [5.41, 5.74) is 10.5. The van der Waals surface area contributed by atoms with Crippen LogP contribution in [0, 0.1) is 12.7 Å². The van der Waals surface area contributed by atoms with Gasteiger partial charge in [0.25, 0.3) is 0 Å². The molecule has 0 unspecified atom stereocenters. The summed E-state index contributed by atoms with van der Waals surface area (Å²) in [4.78, 5) is 25.0. The predicted molar refractivity (Wildman–Crippen MR) is 154 cm³/mol. The summed E-state index contributed by atoms with van der Waals surface area (Å²) >= 11 is 0. The number of hydrogen-bond donors (Lipinski definition) is 2. The lowest BCUT2D eigenvalue weighted by Gasteiger charge is -2.15. The number of imidazole rings is 1. The molecular formula is C30H24FN7O3. The van der Waals surface area contributed by atoms with Gasteiger partial charge in [0, 0.05) is 29.7 Å². The number of benzene rings is 2. The number of ether oxygens (including phenoxy) is 2. The van der Waals surface area contributed by atoms with Crippen molar-refractivity contribution in [2.45, 2.75) is 6.92 Å². The van der Waals surface area contributed by atoms with Crippen molar-refractivity contribution in [3.05, 3.63) is 97.5 Å². The van der Waals surface area contributed by atoms with Crippen molar-refractivity contribution in [2.75, 3.05) is 18.2 Å². The summed E-state index contributed by atoms with van der Waals surface area (Å²) in [7, 11) is 1.51. The van der Waals surface area contributed by atoms with Gasteiger partial charge in [0.15, 0.2) is 23.0 Å². The van der Waals surface area contributed by atoms with Crippen molar-refractivity contribution in [3.8, 4) is 34.2 Å². The lowest BCUT2D eigenvalue weighted by molar-refractivity contribution is -0.111. The topological polar surface area (TPSA) is 122 Å². The number of halogens is 1. The SMILES string of the molecule is C=CC(=O)Nc1cccc(-n2ccn3c4ncnc(N)c4c(-c4ccc(Oc5cccc(C)n5)c(F)c4)c23)c1OC. The van der Waals surface area contributed by atoms with Crippen LogP contribution in [-0.2, 0) is 4.79 Å². The number of aromatic nitrogens is 5. The number of carbonyl (C=O) groups excluding carboxylic acids is 1. The number of nitrogens with zero attached hydrogens (tertiary/aromatic N) is 5. The predicted octanol–water partition coefficient (Wildman–Crippen LogP) is 5.69. The fourth-order valence-electron chi connectivity index (χ4n) is 4.83. The molecule has 204 valence electrons. The Morgan fingerprint density at radius 1 is 1.12 bits per heavy atom. The number of fused-ring (bicyclic) bond motifs is 3. The minimum Gasteiger partial charge on any atom is -0.492 e. The first-order chi connectivity index (χ1) is 19.9. The van der Waals surface area contributed by atoms with Crippen LogP contribution in [0.15, 0.2) is 86.0 Å². The van der Waals surface area contributed by atoms with E-state index in [-0.39, 0.29) is 23.4 Å². The standard InChI is InChI=1S/C30H24FN7O3/c1-4-23(39)36-20-8-6-9-21(27(20)40-3)37-13-14-38-29-26(28(32)33-16-34-29)25(30(37)38)18-11-12-22(19(31)15-18)41-24-10-5-7-17(2)35-24/h4-16H,1H2,2-3H3,(H,36,39)(H2,32,33,34). The van der Waals surface area contributed by atoms with E-state index in [9.17, 15) is 4.79 Å². The Morgan fingerprint density at radius 3 is 2.71 bits per heavy atom. The molecule has 0 spiro atoms. The molecule has 6 aromatic rings. The Balaban J connectivity index is 1.56. The zero-order valence-electron chi connectivity index (χ0n) is 22.1. The summed E-state index contributed by atoms with van der Waals surface area (Å²) in [6, 6.07) is 15.3. The molecule has 41 heavy (non-hydrogen) atoms. The van der Waals surface area contributed by atoms with E-state index in [0.29, 0.717) is 44.9 Å². The average Bonchev–Trinajstić information content (AvgIpc) is 3.53. The van der Waals surface area contributed by atoms with Crippen molar-refractivity contribution in [1.29, 1.82) is 0 Å². The summed E-state index contributed by atoms with van der Waals surface area (Å²) in [6.45, 7) is 5.34. The molecular weight excluding hydrogens is 525 g/mol. The lowest BCUT2D eigenvalue weighted by Crippen LogP contribution is -2.10. The number of methoxy groups -OCH3 is 1. The van der Waals surface area contributed by atoms with Crippen molar-refractivity contribution in [1.82, 2.24) is 23.9 Å². The number of pyridine rings is 1. The molecule has 3 N–H and O–H groups in total.